The lowest BCUT2D eigenvalue weighted by molar-refractivity contribution is 0.119. The van der Waals surface area contributed by atoms with Gasteiger partial charge in [-0.05, 0) is 25.2 Å². The molecule has 26 heavy (non-hydrogen) atoms. The van der Waals surface area contributed by atoms with Crippen LogP contribution in [0, 0.1) is 11.8 Å². The standard InChI is InChI=1S/C19H32N4OS.HI/c1-13(24-4)18-21-15(12-25-18)11-23(3)19(20-2)22-17-10-16(17)14-8-6-5-7-9-14;/h12-14,16-17H,5-11H2,1-4H3,(H,20,22);1H. The second kappa shape index (κ2) is 10.2. The van der Waals surface area contributed by atoms with Gasteiger partial charge in [-0.2, -0.15) is 0 Å². The average molecular weight is 492 g/mol. The number of ether oxygens (including phenoxy) is 1. The summed E-state index contributed by atoms with van der Waals surface area (Å²) in [4.78, 5) is 11.3. The van der Waals surface area contributed by atoms with Gasteiger partial charge in [-0.3, -0.25) is 4.99 Å². The van der Waals surface area contributed by atoms with Crippen LogP contribution in [0.2, 0.25) is 0 Å². The van der Waals surface area contributed by atoms with E-state index >= 15 is 0 Å². The molecule has 3 atom stereocenters. The van der Waals surface area contributed by atoms with E-state index in [-0.39, 0.29) is 30.1 Å². The molecule has 0 aromatic carbocycles. The Hall–Kier alpha value is -0.410. The molecule has 2 aliphatic rings. The van der Waals surface area contributed by atoms with Crippen molar-refractivity contribution >= 4 is 41.3 Å². The van der Waals surface area contributed by atoms with Crippen molar-refractivity contribution in [3.63, 3.8) is 0 Å². The Kier molecular flexibility index (Phi) is 8.60. The van der Waals surface area contributed by atoms with E-state index in [1.165, 1.54) is 38.5 Å². The van der Waals surface area contributed by atoms with Crippen LogP contribution in [-0.4, -0.2) is 43.1 Å². The first-order chi connectivity index (χ1) is 12.1. The number of guanidine groups is 1. The highest BCUT2D eigenvalue weighted by Gasteiger charge is 2.43. The van der Waals surface area contributed by atoms with Gasteiger partial charge >= 0.3 is 0 Å². The van der Waals surface area contributed by atoms with Crippen LogP contribution < -0.4 is 5.32 Å². The number of aliphatic imine (C=N–C) groups is 1. The molecule has 0 radical (unpaired) electrons. The summed E-state index contributed by atoms with van der Waals surface area (Å²) in [6, 6.07) is 0.615. The maximum atomic E-state index is 5.35. The molecular weight excluding hydrogens is 459 g/mol. The first-order valence-electron chi connectivity index (χ1n) is 9.54. The van der Waals surface area contributed by atoms with Gasteiger partial charge in [0.2, 0.25) is 0 Å². The van der Waals surface area contributed by atoms with Gasteiger partial charge in [0.25, 0.3) is 0 Å². The Morgan fingerprint density at radius 2 is 2.15 bits per heavy atom. The van der Waals surface area contributed by atoms with Crippen LogP contribution in [0.5, 0.6) is 0 Å². The van der Waals surface area contributed by atoms with Gasteiger partial charge in [0, 0.05) is 32.6 Å². The number of nitrogens with zero attached hydrogens (tertiary/aromatic N) is 3. The van der Waals surface area contributed by atoms with Crippen LogP contribution in [0.3, 0.4) is 0 Å². The molecule has 0 bridgehead atoms. The number of aromatic nitrogens is 1. The summed E-state index contributed by atoms with van der Waals surface area (Å²) in [7, 11) is 5.68. The number of methoxy groups -OCH3 is 1. The molecule has 1 aromatic rings. The van der Waals surface area contributed by atoms with Gasteiger partial charge in [0.15, 0.2) is 5.96 Å². The van der Waals surface area contributed by atoms with E-state index in [1.807, 2.05) is 14.0 Å². The van der Waals surface area contributed by atoms with E-state index < -0.39 is 0 Å². The van der Waals surface area contributed by atoms with Gasteiger partial charge in [0.05, 0.1) is 12.2 Å². The maximum Gasteiger partial charge on any atom is 0.193 e. The quantitative estimate of drug-likeness (QED) is 0.362. The van der Waals surface area contributed by atoms with Crippen LogP contribution in [0.1, 0.15) is 62.3 Å². The van der Waals surface area contributed by atoms with Crippen molar-refractivity contribution in [2.75, 3.05) is 21.2 Å². The first-order valence-corrected chi connectivity index (χ1v) is 10.4. The first kappa shape index (κ1) is 21.9. The fourth-order valence-corrected chi connectivity index (χ4v) is 4.82. The minimum atomic E-state index is 0. The SMILES string of the molecule is CN=C(NC1CC1C1CCCCC1)N(C)Cc1csc(C(C)OC)n1.I. The van der Waals surface area contributed by atoms with E-state index in [0.29, 0.717) is 6.04 Å². The lowest BCUT2D eigenvalue weighted by Gasteiger charge is -2.24. The molecule has 148 valence electrons. The van der Waals surface area contributed by atoms with E-state index in [1.54, 1.807) is 18.4 Å². The average Bonchev–Trinajstić information content (AvgIpc) is 3.27. The van der Waals surface area contributed by atoms with E-state index in [4.69, 9.17) is 4.74 Å². The summed E-state index contributed by atoms with van der Waals surface area (Å²) >= 11 is 1.67. The molecule has 3 rings (SSSR count). The number of hydrogen-bond acceptors (Lipinski definition) is 4. The minimum Gasteiger partial charge on any atom is -0.375 e. The molecule has 7 heteroatoms. The Bertz CT molecular complexity index is 588. The molecule has 2 fully saturated rings. The molecule has 1 N–H and O–H groups in total. The van der Waals surface area contributed by atoms with Gasteiger partial charge < -0.3 is 15.0 Å². The van der Waals surface area contributed by atoms with Crippen LogP contribution in [-0.2, 0) is 11.3 Å². The number of halogens is 1. The van der Waals surface area contributed by atoms with E-state index in [2.05, 4.69) is 32.6 Å². The van der Waals surface area contributed by atoms with Crippen LogP contribution >= 0.6 is 35.3 Å². The summed E-state index contributed by atoms with van der Waals surface area (Å²) in [5.41, 5.74) is 1.08. The molecule has 2 saturated carbocycles. The molecule has 3 unspecified atom stereocenters. The summed E-state index contributed by atoms with van der Waals surface area (Å²) in [5.74, 6) is 2.78. The predicted molar refractivity (Wildman–Crippen MR) is 119 cm³/mol. The lowest BCUT2D eigenvalue weighted by atomic mass is 9.85. The van der Waals surface area contributed by atoms with E-state index in [9.17, 15) is 0 Å². The molecule has 0 spiro atoms. The smallest absolute Gasteiger partial charge is 0.193 e. The second-order valence-electron chi connectivity index (χ2n) is 7.51. The largest absolute Gasteiger partial charge is 0.375 e. The number of nitrogens with one attached hydrogen (secondary N) is 1. The number of thiazole rings is 1. The van der Waals surface area contributed by atoms with Gasteiger partial charge in [-0.25, -0.2) is 4.98 Å². The van der Waals surface area contributed by atoms with Crippen LogP contribution in [0.15, 0.2) is 10.4 Å². The van der Waals surface area contributed by atoms with Gasteiger partial charge in [-0.1, -0.05) is 32.1 Å². The fourth-order valence-electron chi connectivity index (χ4n) is 3.98. The Balaban J connectivity index is 0.00000243. The molecule has 0 aliphatic heterocycles. The van der Waals surface area contributed by atoms with Crippen molar-refractivity contribution in [1.82, 2.24) is 15.2 Å². The van der Waals surface area contributed by atoms with Crippen molar-refractivity contribution in [2.45, 2.75) is 64.1 Å². The van der Waals surface area contributed by atoms with Crippen molar-refractivity contribution < 1.29 is 4.74 Å². The zero-order valence-electron chi connectivity index (χ0n) is 16.4. The highest BCUT2D eigenvalue weighted by molar-refractivity contribution is 14.0. The van der Waals surface area contributed by atoms with Crippen molar-refractivity contribution in [3.8, 4) is 0 Å². The summed E-state index contributed by atoms with van der Waals surface area (Å²) in [5, 5.41) is 6.83. The molecule has 2 aliphatic carbocycles. The molecule has 1 aromatic heterocycles. The second-order valence-corrected chi connectivity index (χ2v) is 8.40. The van der Waals surface area contributed by atoms with Crippen LogP contribution in [0.25, 0.3) is 0 Å². The predicted octanol–water partition coefficient (Wildman–Crippen LogP) is 4.44. The van der Waals surface area contributed by atoms with Crippen molar-refractivity contribution in [1.29, 1.82) is 0 Å². The molecule has 1 heterocycles. The summed E-state index contributed by atoms with van der Waals surface area (Å²) < 4.78 is 5.35. The molecular formula is C19H33IN4OS. The molecule has 5 nitrogen and oxygen atoms in total. The third-order valence-corrected chi connectivity index (χ3v) is 6.71. The number of hydrogen-bond donors (Lipinski definition) is 1. The zero-order chi connectivity index (χ0) is 17.8. The lowest BCUT2D eigenvalue weighted by Crippen LogP contribution is -2.40. The normalized spacial score (nSPS) is 24.7. The Morgan fingerprint density at radius 1 is 1.42 bits per heavy atom. The van der Waals surface area contributed by atoms with Crippen LogP contribution in [0.4, 0.5) is 0 Å². The maximum absolute atomic E-state index is 5.35. The minimum absolute atomic E-state index is 0. The third kappa shape index (κ3) is 5.55. The number of rotatable bonds is 6. The van der Waals surface area contributed by atoms with Gasteiger partial charge in [0.1, 0.15) is 11.1 Å². The molecule has 0 saturated heterocycles. The highest BCUT2D eigenvalue weighted by Crippen LogP contribution is 2.44. The Labute approximate surface area is 179 Å². The third-order valence-electron chi connectivity index (χ3n) is 5.65. The summed E-state index contributed by atoms with van der Waals surface area (Å²) in [6.07, 6.45) is 8.51. The topological polar surface area (TPSA) is 49.8 Å². The zero-order valence-corrected chi connectivity index (χ0v) is 19.5. The summed E-state index contributed by atoms with van der Waals surface area (Å²) in [6.45, 7) is 2.80. The highest BCUT2D eigenvalue weighted by atomic mass is 127. The Morgan fingerprint density at radius 3 is 2.81 bits per heavy atom. The fraction of sp³-hybridized carbons (Fsp3) is 0.789. The van der Waals surface area contributed by atoms with Gasteiger partial charge in [-0.15, -0.1) is 35.3 Å². The monoisotopic (exact) mass is 492 g/mol. The van der Waals surface area contributed by atoms with E-state index in [0.717, 1.165) is 35.0 Å². The van der Waals surface area contributed by atoms with Crippen molar-refractivity contribution in [3.05, 3.63) is 16.1 Å². The van der Waals surface area contributed by atoms with Crippen molar-refractivity contribution in [2.24, 2.45) is 16.8 Å². The molecule has 0 amide bonds.